The maximum atomic E-state index is 12.1. The summed E-state index contributed by atoms with van der Waals surface area (Å²) >= 11 is 17.4. The largest absolute Gasteiger partial charge is 0.448 e. The van der Waals surface area contributed by atoms with Crippen molar-refractivity contribution in [2.75, 3.05) is 11.1 Å². The van der Waals surface area contributed by atoms with Crippen LogP contribution in [-0.2, 0) is 9.53 Å². The summed E-state index contributed by atoms with van der Waals surface area (Å²) in [5, 5.41) is 5.51. The van der Waals surface area contributed by atoms with Crippen LogP contribution in [0.15, 0.2) is 10.6 Å². The smallest absolute Gasteiger partial charge is 0.359 e. The van der Waals surface area contributed by atoms with Crippen LogP contribution in [0.5, 0.6) is 0 Å². The predicted molar refractivity (Wildman–Crippen MR) is 88.4 cm³/mol. The molecule has 0 saturated carbocycles. The Morgan fingerprint density at radius 2 is 2.00 bits per heavy atom. The molecule has 8 nitrogen and oxygen atoms in total. The van der Waals surface area contributed by atoms with Crippen LogP contribution in [0.25, 0.3) is 0 Å². The first-order chi connectivity index (χ1) is 11.2. The monoisotopic (exact) mass is 392 g/mol. The van der Waals surface area contributed by atoms with Crippen molar-refractivity contribution in [3.05, 3.63) is 32.7 Å². The van der Waals surface area contributed by atoms with Gasteiger partial charge in [0.1, 0.15) is 10.8 Å². The fraction of sp³-hybridized carbons (Fsp3) is 0.231. The van der Waals surface area contributed by atoms with Gasteiger partial charge in [0.25, 0.3) is 5.91 Å². The van der Waals surface area contributed by atoms with Crippen LogP contribution >= 0.6 is 34.8 Å². The SMILES string of the molecule is Cc1cc(NC(=O)[C@@H](C)OC(=O)c2nc(Cl)c(Cl)c(N)c2Cl)no1. The summed E-state index contributed by atoms with van der Waals surface area (Å²) in [5.74, 6) is -0.905. The van der Waals surface area contributed by atoms with Crippen molar-refractivity contribution in [2.45, 2.75) is 20.0 Å². The molecule has 0 aliphatic carbocycles. The lowest BCUT2D eigenvalue weighted by molar-refractivity contribution is -0.123. The molecule has 0 spiro atoms. The number of nitrogens with zero attached hydrogens (tertiary/aromatic N) is 2. The quantitative estimate of drug-likeness (QED) is 0.604. The third kappa shape index (κ3) is 3.89. The van der Waals surface area contributed by atoms with Crippen LogP contribution in [0.2, 0.25) is 15.2 Å². The third-order valence-corrected chi connectivity index (χ3v) is 3.93. The van der Waals surface area contributed by atoms with Crippen molar-refractivity contribution in [1.29, 1.82) is 0 Å². The number of anilines is 2. The lowest BCUT2D eigenvalue weighted by atomic mass is 10.3. The van der Waals surface area contributed by atoms with Gasteiger partial charge in [0.2, 0.25) is 0 Å². The minimum absolute atomic E-state index is 0.0783. The number of aryl methyl sites for hydroxylation is 1. The van der Waals surface area contributed by atoms with E-state index in [1.165, 1.54) is 13.0 Å². The number of hydrogen-bond donors (Lipinski definition) is 2. The van der Waals surface area contributed by atoms with E-state index in [9.17, 15) is 9.59 Å². The molecule has 0 saturated heterocycles. The van der Waals surface area contributed by atoms with Gasteiger partial charge in [-0.25, -0.2) is 9.78 Å². The first kappa shape index (κ1) is 18.3. The molecule has 2 aromatic heterocycles. The highest BCUT2D eigenvalue weighted by Gasteiger charge is 2.25. The van der Waals surface area contributed by atoms with Crippen molar-refractivity contribution >= 4 is 58.2 Å². The topological polar surface area (TPSA) is 120 Å². The fourth-order valence-corrected chi connectivity index (χ4v) is 2.18. The van der Waals surface area contributed by atoms with Gasteiger partial charge in [-0.3, -0.25) is 4.79 Å². The summed E-state index contributed by atoms with van der Waals surface area (Å²) in [6, 6.07) is 1.50. The zero-order chi connectivity index (χ0) is 18.0. The number of halogens is 3. The minimum Gasteiger partial charge on any atom is -0.448 e. The molecular formula is C13H11Cl3N4O4. The summed E-state index contributed by atoms with van der Waals surface area (Å²) in [6.07, 6.45) is -1.16. The van der Waals surface area contributed by atoms with Gasteiger partial charge in [0.05, 0.1) is 10.7 Å². The highest BCUT2D eigenvalue weighted by molar-refractivity contribution is 6.46. The number of rotatable bonds is 4. The molecule has 1 atom stereocenters. The molecule has 0 radical (unpaired) electrons. The first-order valence-corrected chi connectivity index (χ1v) is 7.59. The molecule has 0 bridgehead atoms. The molecule has 2 rings (SSSR count). The molecule has 24 heavy (non-hydrogen) atoms. The predicted octanol–water partition coefficient (Wildman–Crippen LogP) is 3.10. The van der Waals surface area contributed by atoms with Gasteiger partial charge in [-0.2, -0.15) is 0 Å². The maximum absolute atomic E-state index is 12.1. The Bertz CT molecular complexity index is 809. The van der Waals surface area contributed by atoms with E-state index < -0.39 is 18.0 Å². The Kier molecular flexibility index (Phi) is 5.53. The summed E-state index contributed by atoms with van der Waals surface area (Å²) in [7, 11) is 0. The van der Waals surface area contributed by atoms with Crippen molar-refractivity contribution in [3.8, 4) is 0 Å². The molecule has 2 aromatic rings. The normalized spacial score (nSPS) is 11.9. The van der Waals surface area contributed by atoms with Crippen LogP contribution in [-0.4, -0.2) is 28.1 Å². The molecule has 0 unspecified atom stereocenters. The average Bonchev–Trinajstić information content (AvgIpc) is 2.93. The molecule has 0 aromatic carbocycles. The third-order valence-electron chi connectivity index (χ3n) is 2.80. The lowest BCUT2D eigenvalue weighted by Gasteiger charge is -2.13. The zero-order valence-corrected chi connectivity index (χ0v) is 14.7. The number of amides is 1. The van der Waals surface area contributed by atoms with Crippen molar-refractivity contribution in [3.63, 3.8) is 0 Å². The number of nitrogen functional groups attached to an aromatic ring is 1. The second kappa shape index (κ2) is 7.25. The molecule has 2 heterocycles. The number of carbonyl (C=O) groups excluding carboxylic acids is 2. The number of hydrogen-bond acceptors (Lipinski definition) is 7. The van der Waals surface area contributed by atoms with Gasteiger partial charge < -0.3 is 20.3 Å². The summed E-state index contributed by atoms with van der Waals surface area (Å²) in [4.78, 5) is 27.8. The second-order valence-electron chi connectivity index (χ2n) is 4.65. The van der Waals surface area contributed by atoms with Gasteiger partial charge in [0, 0.05) is 6.07 Å². The number of nitrogens with two attached hydrogens (primary N) is 1. The maximum Gasteiger partial charge on any atom is 0.359 e. The van der Waals surface area contributed by atoms with E-state index in [0.29, 0.717) is 5.76 Å². The van der Waals surface area contributed by atoms with E-state index in [0.717, 1.165) is 0 Å². The number of nitrogens with one attached hydrogen (secondary N) is 1. The van der Waals surface area contributed by atoms with E-state index in [4.69, 9.17) is 49.8 Å². The van der Waals surface area contributed by atoms with E-state index in [1.54, 1.807) is 6.92 Å². The van der Waals surface area contributed by atoms with Gasteiger partial charge in [-0.05, 0) is 13.8 Å². The summed E-state index contributed by atoms with van der Waals surface area (Å²) in [5.41, 5.74) is 5.16. The lowest BCUT2D eigenvalue weighted by Crippen LogP contribution is -2.30. The van der Waals surface area contributed by atoms with E-state index >= 15 is 0 Å². The summed E-state index contributed by atoms with van der Waals surface area (Å²) < 4.78 is 9.80. The van der Waals surface area contributed by atoms with Gasteiger partial charge >= 0.3 is 5.97 Å². The van der Waals surface area contributed by atoms with Crippen molar-refractivity contribution in [2.24, 2.45) is 0 Å². The van der Waals surface area contributed by atoms with Crippen LogP contribution in [0.3, 0.4) is 0 Å². The van der Waals surface area contributed by atoms with Crippen molar-refractivity contribution < 1.29 is 18.8 Å². The number of aromatic nitrogens is 2. The van der Waals surface area contributed by atoms with E-state index in [-0.39, 0.29) is 32.4 Å². The number of ether oxygens (including phenoxy) is 1. The Morgan fingerprint density at radius 3 is 2.58 bits per heavy atom. The Balaban J connectivity index is 2.10. The Morgan fingerprint density at radius 1 is 1.33 bits per heavy atom. The molecule has 0 aliphatic rings. The molecule has 128 valence electrons. The fourth-order valence-electron chi connectivity index (χ4n) is 1.59. The molecule has 11 heteroatoms. The molecule has 3 N–H and O–H groups in total. The average molecular weight is 394 g/mol. The van der Waals surface area contributed by atoms with Gasteiger partial charge in [-0.1, -0.05) is 40.0 Å². The highest BCUT2D eigenvalue weighted by Crippen LogP contribution is 2.34. The van der Waals surface area contributed by atoms with Crippen LogP contribution in [0.1, 0.15) is 23.2 Å². The van der Waals surface area contributed by atoms with Crippen LogP contribution in [0, 0.1) is 6.92 Å². The van der Waals surface area contributed by atoms with Crippen molar-refractivity contribution in [1.82, 2.24) is 10.1 Å². The molecule has 0 fully saturated rings. The minimum atomic E-state index is -1.16. The molecule has 0 aliphatic heterocycles. The second-order valence-corrected chi connectivity index (χ2v) is 5.77. The Hall–Kier alpha value is -2.03. The Labute approximate surface area is 151 Å². The van der Waals surface area contributed by atoms with Crippen LogP contribution in [0.4, 0.5) is 11.5 Å². The van der Waals surface area contributed by atoms with Crippen LogP contribution < -0.4 is 11.1 Å². The van der Waals surface area contributed by atoms with E-state index in [1.807, 2.05) is 0 Å². The standard InChI is InChI=1S/C13H11Cl3N4O4/c1-4-3-6(20-24-4)18-12(21)5(2)23-13(22)10-7(14)9(17)8(15)11(16)19-10/h3,5H,1-2H3,(H2,17,19)(H,18,20,21)/t5-/m1/s1. The van der Waals surface area contributed by atoms with E-state index in [2.05, 4.69) is 15.5 Å². The number of pyridine rings is 1. The van der Waals surface area contributed by atoms with Gasteiger partial charge in [0.15, 0.2) is 22.8 Å². The number of carbonyl (C=O) groups is 2. The molecule has 1 amide bonds. The highest BCUT2D eigenvalue weighted by atomic mass is 35.5. The van der Waals surface area contributed by atoms with Gasteiger partial charge in [-0.15, -0.1) is 0 Å². The first-order valence-electron chi connectivity index (χ1n) is 6.45. The zero-order valence-electron chi connectivity index (χ0n) is 12.4. The molecular weight excluding hydrogens is 383 g/mol. The summed E-state index contributed by atoms with van der Waals surface area (Å²) in [6.45, 7) is 3.02. The number of esters is 1.